The topological polar surface area (TPSA) is 29.4 Å². The Morgan fingerprint density at radius 1 is 1.69 bits per heavy atom. The Labute approximate surface area is 82.7 Å². The normalized spacial score (nSPS) is 35.1. The summed E-state index contributed by atoms with van der Waals surface area (Å²) in [6.07, 6.45) is 7.41. The molecule has 1 fully saturated rings. The molecule has 70 valence electrons. The first-order valence-corrected chi connectivity index (χ1v) is 5.01. The summed E-state index contributed by atoms with van der Waals surface area (Å²) in [5, 5.41) is 0. The summed E-state index contributed by atoms with van der Waals surface area (Å²) in [5.41, 5.74) is 1.13. The third-order valence-corrected chi connectivity index (χ3v) is 3.41. The van der Waals surface area contributed by atoms with E-state index in [0.29, 0.717) is 11.8 Å². The molecule has 3 heteroatoms. The van der Waals surface area contributed by atoms with Crippen LogP contribution in [0.15, 0.2) is 16.6 Å². The molecule has 0 aromatic rings. The van der Waals surface area contributed by atoms with Crippen LogP contribution in [-0.2, 0) is 4.79 Å². The molecule has 2 aliphatic rings. The molecule has 3 unspecified atom stereocenters. The van der Waals surface area contributed by atoms with Gasteiger partial charge in [0.1, 0.15) is 0 Å². The van der Waals surface area contributed by atoms with Crippen molar-refractivity contribution in [3.63, 3.8) is 0 Å². The average Bonchev–Trinajstić information content (AvgIpc) is 2.63. The van der Waals surface area contributed by atoms with Crippen molar-refractivity contribution < 1.29 is 4.79 Å². The summed E-state index contributed by atoms with van der Waals surface area (Å²) in [4.78, 5) is 13.0. The highest BCUT2D eigenvalue weighted by atomic mass is 35.5. The number of hydrogen-bond donors (Lipinski definition) is 0. The molecule has 2 bridgehead atoms. The minimum Gasteiger partial charge on any atom is -0.211 e. The number of halogens is 1. The summed E-state index contributed by atoms with van der Waals surface area (Å²) in [7, 11) is 0. The second-order valence-electron chi connectivity index (χ2n) is 4.05. The Morgan fingerprint density at radius 2 is 2.46 bits per heavy atom. The SMILES string of the molecule is CC(Cl)(N=C=O)C1=CC2CCC1C2. The molecule has 1 saturated carbocycles. The van der Waals surface area contributed by atoms with Crippen LogP contribution in [-0.4, -0.2) is 11.1 Å². The predicted molar refractivity (Wildman–Crippen MR) is 51.3 cm³/mol. The third-order valence-electron chi connectivity index (χ3n) is 3.11. The first kappa shape index (κ1) is 8.98. The van der Waals surface area contributed by atoms with Crippen molar-refractivity contribution in [3.8, 4) is 0 Å². The number of aliphatic imine (C=N–C) groups is 1. The van der Waals surface area contributed by atoms with Crippen LogP contribution >= 0.6 is 11.6 Å². The molecular weight excluding hydrogens is 186 g/mol. The lowest BCUT2D eigenvalue weighted by Crippen LogP contribution is -2.20. The fraction of sp³-hybridized carbons (Fsp3) is 0.700. The third kappa shape index (κ3) is 1.45. The first-order chi connectivity index (χ1) is 6.13. The highest BCUT2D eigenvalue weighted by molar-refractivity contribution is 6.25. The van der Waals surface area contributed by atoms with Gasteiger partial charge in [0.25, 0.3) is 0 Å². The molecule has 2 aliphatic carbocycles. The van der Waals surface area contributed by atoms with Gasteiger partial charge in [0.05, 0.1) is 0 Å². The van der Waals surface area contributed by atoms with Gasteiger partial charge in [-0.1, -0.05) is 17.7 Å². The quantitative estimate of drug-likeness (QED) is 0.220. The molecule has 0 N–H and O–H groups in total. The average molecular weight is 198 g/mol. The van der Waals surface area contributed by atoms with Crippen molar-refractivity contribution in [2.75, 3.05) is 0 Å². The Balaban J connectivity index is 2.27. The predicted octanol–water partition coefficient (Wildman–Crippen LogP) is 2.63. The number of hydrogen-bond acceptors (Lipinski definition) is 2. The smallest absolute Gasteiger partial charge is 0.211 e. The molecule has 0 aromatic carbocycles. The van der Waals surface area contributed by atoms with Crippen LogP contribution in [0.1, 0.15) is 26.2 Å². The van der Waals surface area contributed by atoms with Crippen molar-refractivity contribution in [1.82, 2.24) is 0 Å². The lowest BCUT2D eigenvalue weighted by atomic mass is 9.93. The maximum absolute atomic E-state index is 10.2. The lowest BCUT2D eigenvalue weighted by molar-refractivity contribution is 0.546. The van der Waals surface area contributed by atoms with Gasteiger partial charge in [0, 0.05) is 0 Å². The van der Waals surface area contributed by atoms with Crippen LogP contribution in [0.2, 0.25) is 0 Å². The Hall–Kier alpha value is -0.590. The first-order valence-electron chi connectivity index (χ1n) is 4.63. The summed E-state index contributed by atoms with van der Waals surface area (Å²) in [6.45, 7) is 1.77. The molecule has 2 rings (SSSR count). The van der Waals surface area contributed by atoms with Crippen molar-refractivity contribution in [3.05, 3.63) is 11.6 Å². The van der Waals surface area contributed by atoms with E-state index in [-0.39, 0.29) is 0 Å². The zero-order valence-electron chi connectivity index (χ0n) is 7.59. The van der Waals surface area contributed by atoms with Crippen LogP contribution in [0.5, 0.6) is 0 Å². The molecule has 13 heavy (non-hydrogen) atoms. The van der Waals surface area contributed by atoms with Gasteiger partial charge in [-0.15, -0.1) is 0 Å². The molecule has 0 aliphatic heterocycles. The van der Waals surface area contributed by atoms with E-state index in [1.807, 2.05) is 0 Å². The van der Waals surface area contributed by atoms with Gasteiger partial charge >= 0.3 is 0 Å². The summed E-state index contributed by atoms with van der Waals surface area (Å²) in [5.74, 6) is 1.24. The minimum absolute atomic E-state index is 0.560. The fourth-order valence-corrected chi connectivity index (χ4v) is 2.77. The molecule has 0 heterocycles. The summed E-state index contributed by atoms with van der Waals surface area (Å²) >= 11 is 6.14. The molecule has 3 atom stereocenters. The highest BCUT2D eigenvalue weighted by Gasteiger charge is 2.40. The van der Waals surface area contributed by atoms with Crippen molar-refractivity contribution >= 4 is 17.7 Å². The van der Waals surface area contributed by atoms with Crippen LogP contribution in [0.25, 0.3) is 0 Å². The van der Waals surface area contributed by atoms with Crippen molar-refractivity contribution in [1.29, 1.82) is 0 Å². The molecule has 0 spiro atoms. The van der Waals surface area contributed by atoms with Gasteiger partial charge < -0.3 is 0 Å². The van der Waals surface area contributed by atoms with E-state index in [2.05, 4.69) is 11.1 Å². The summed E-state index contributed by atoms with van der Waals surface area (Å²) in [6, 6.07) is 0. The number of fused-ring (bicyclic) bond motifs is 2. The van der Waals surface area contributed by atoms with Gasteiger partial charge in [-0.25, -0.2) is 4.79 Å². The monoisotopic (exact) mass is 197 g/mol. The molecule has 0 amide bonds. The summed E-state index contributed by atoms with van der Waals surface area (Å²) < 4.78 is 0. The number of isocyanates is 1. The maximum Gasteiger partial charge on any atom is 0.237 e. The van der Waals surface area contributed by atoms with E-state index in [0.717, 1.165) is 5.57 Å². The zero-order chi connectivity index (χ0) is 9.47. The zero-order valence-corrected chi connectivity index (χ0v) is 8.34. The number of rotatable bonds is 2. The van der Waals surface area contributed by atoms with Crippen LogP contribution < -0.4 is 0 Å². The highest BCUT2D eigenvalue weighted by Crippen LogP contribution is 2.49. The van der Waals surface area contributed by atoms with Crippen LogP contribution in [0.4, 0.5) is 0 Å². The molecule has 0 aromatic heterocycles. The minimum atomic E-state index is -0.832. The molecule has 0 saturated heterocycles. The van der Waals surface area contributed by atoms with E-state index >= 15 is 0 Å². The van der Waals surface area contributed by atoms with Crippen LogP contribution in [0, 0.1) is 11.8 Å². The van der Waals surface area contributed by atoms with E-state index in [1.165, 1.54) is 19.3 Å². The standard InChI is InChI=1S/C10H12ClNO/c1-10(11,12-6-13)9-5-7-2-3-8(9)4-7/h5,7-8H,2-4H2,1H3. The van der Waals surface area contributed by atoms with Crippen molar-refractivity contribution in [2.45, 2.75) is 31.2 Å². The number of carbonyl (C=O) groups excluding carboxylic acids is 1. The van der Waals surface area contributed by atoms with Gasteiger partial charge in [-0.05, 0) is 43.6 Å². The number of alkyl halides is 1. The Kier molecular flexibility index (Phi) is 2.05. The van der Waals surface area contributed by atoms with Gasteiger partial charge in [-0.2, -0.15) is 4.99 Å². The second-order valence-corrected chi connectivity index (χ2v) is 4.78. The van der Waals surface area contributed by atoms with E-state index in [4.69, 9.17) is 11.6 Å². The Morgan fingerprint density at radius 3 is 2.92 bits per heavy atom. The Bertz CT molecular complexity index is 302. The molecular formula is C10H12ClNO. The van der Waals surface area contributed by atoms with Gasteiger partial charge in [0.15, 0.2) is 5.00 Å². The van der Waals surface area contributed by atoms with Crippen molar-refractivity contribution in [2.24, 2.45) is 16.8 Å². The van der Waals surface area contributed by atoms with Crippen LogP contribution in [0.3, 0.4) is 0 Å². The van der Waals surface area contributed by atoms with Gasteiger partial charge in [-0.3, -0.25) is 0 Å². The van der Waals surface area contributed by atoms with E-state index in [1.54, 1.807) is 13.0 Å². The van der Waals surface area contributed by atoms with E-state index < -0.39 is 5.00 Å². The largest absolute Gasteiger partial charge is 0.237 e. The lowest BCUT2D eigenvalue weighted by Gasteiger charge is -2.23. The van der Waals surface area contributed by atoms with E-state index in [9.17, 15) is 4.79 Å². The number of allylic oxidation sites excluding steroid dienone is 1. The maximum atomic E-state index is 10.2. The molecule has 0 radical (unpaired) electrons. The number of nitrogens with zero attached hydrogens (tertiary/aromatic N) is 1. The second kappa shape index (κ2) is 2.97. The molecule has 2 nitrogen and oxygen atoms in total. The van der Waals surface area contributed by atoms with Gasteiger partial charge in [0.2, 0.25) is 6.08 Å². The fourth-order valence-electron chi connectivity index (χ4n) is 2.52.